The Morgan fingerprint density at radius 3 is 2.86 bits per heavy atom. The summed E-state index contributed by atoms with van der Waals surface area (Å²) < 4.78 is 16.4. The van der Waals surface area contributed by atoms with Crippen LogP contribution in [0.3, 0.4) is 0 Å². The topological polar surface area (TPSA) is 30.7 Å². The maximum absolute atomic E-state index is 13.9. The monoisotopic (exact) mass is 415 g/mol. The van der Waals surface area contributed by atoms with Gasteiger partial charge in [0.2, 0.25) is 0 Å². The molecule has 0 spiro atoms. The van der Waals surface area contributed by atoms with Gasteiger partial charge in [-0.1, -0.05) is 6.07 Å². The Morgan fingerprint density at radius 2 is 2.19 bits per heavy atom. The smallest absolute Gasteiger partial charge is 0.138 e. The van der Waals surface area contributed by atoms with Crippen molar-refractivity contribution in [2.45, 2.75) is 18.8 Å². The molecule has 1 atom stereocenters. The van der Waals surface area contributed by atoms with Gasteiger partial charge in [0.05, 0.1) is 32.2 Å². The molecule has 0 saturated heterocycles. The van der Waals surface area contributed by atoms with Crippen molar-refractivity contribution in [2.75, 3.05) is 0 Å². The number of aromatic nitrogens is 3. The molecule has 1 unspecified atom stereocenters. The standard InChI is InChI=1S/C15H12ClFIN3/c1-9(16)15-20-13-7-12(18)11(17)6-14(13)21(15)8-10-4-2-3-5-19-10/h2-7,9H,8H2,1H3. The number of pyridine rings is 1. The highest BCUT2D eigenvalue weighted by molar-refractivity contribution is 14.1. The van der Waals surface area contributed by atoms with Crippen molar-refractivity contribution < 1.29 is 4.39 Å². The Kier molecular flexibility index (Phi) is 4.12. The third-order valence-corrected chi connectivity index (χ3v) is 4.24. The molecule has 3 nitrogen and oxygen atoms in total. The number of nitrogens with zero attached hydrogens (tertiary/aromatic N) is 3. The van der Waals surface area contributed by atoms with Crippen LogP contribution < -0.4 is 0 Å². The van der Waals surface area contributed by atoms with Gasteiger partial charge in [-0.25, -0.2) is 9.37 Å². The Balaban J connectivity index is 2.18. The molecule has 0 amide bonds. The fourth-order valence-electron chi connectivity index (χ4n) is 2.26. The quantitative estimate of drug-likeness (QED) is 0.465. The second kappa shape index (κ2) is 5.88. The number of hydrogen-bond acceptors (Lipinski definition) is 2. The van der Waals surface area contributed by atoms with Crippen molar-refractivity contribution in [2.24, 2.45) is 0 Å². The molecule has 3 rings (SSSR count). The van der Waals surface area contributed by atoms with Crippen LogP contribution >= 0.6 is 34.2 Å². The minimum atomic E-state index is -0.262. The molecule has 108 valence electrons. The van der Waals surface area contributed by atoms with Crippen molar-refractivity contribution >= 4 is 45.2 Å². The number of fused-ring (bicyclic) bond motifs is 1. The summed E-state index contributed by atoms with van der Waals surface area (Å²) in [5, 5.41) is -0.262. The lowest BCUT2D eigenvalue weighted by molar-refractivity contribution is 0.620. The molecule has 0 aliphatic rings. The Hall–Kier alpha value is -1.21. The molecule has 1 aromatic carbocycles. The maximum Gasteiger partial charge on any atom is 0.138 e. The first-order valence-electron chi connectivity index (χ1n) is 6.45. The molecule has 0 aliphatic carbocycles. The number of alkyl halides is 1. The summed E-state index contributed by atoms with van der Waals surface area (Å²) in [6.07, 6.45) is 1.74. The van der Waals surface area contributed by atoms with Crippen LogP contribution in [0.25, 0.3) is 11.0 Å². The average Bonchev–Trinajstić information content (AvgIpc) is 2.79. The summed E-state index contributed by atoms with van der Waals surface area (Å²) in [6.45, 7) is 2.38. The van der Waals surface area contributed by atoms with Crippen LogP contribution in [-0.2, 0) is 6.54 Å². The van der Waals surface area contributed by atoms with Crippen molar-refractivity contribution in [3.63, 3.8) is 0 Å². The zero-order valence-electron chi connectivity index (χ0n) is 11.2. The van der Waals surface area contributed by atoms with Crippen molar-refractivity contribution in [1.29, 1.82) is 0 Å². The van der Waals surface area contributed by atoms with Crippen LogP contribution in [0.2, 0.25) is 0 Å². The number of imidazole rings is 1. The Bertz CT molecular complexity index is 786. The van der Waals surface area contributed by atoms with Crippen molar-refractivity contribution in [3.8, 4) is 0 Å². The van der Waals surface area contributed by atoms with E-state index >= 15 is 0 Å². The van der Waals surface area contributed by atoms with Crippen LogP contribution in [0.5, 0.6) is 0 Å². The van der Waals surface area contributed by atoms with Crippen LogP contribution in [0.4, 0.5) is 4.39 Å². The first-order chi connectivity index (χ1) is 10.1. The van der Waals surface area contributed by atoms with E-state index in [4.69, 9.17) is 11.6 Å². The van der Waals surface area contributed by atoms with E-state index in [0.29, 0.717) is 10.1 Å². The fourth-order valence-corrected chi connectivity index (χ4v) is 2.88. The molecular weight excluding hydrogens is 404 g/mol. The summed E-state index contributed by atoms with van der Waals surface area (Å²) >= 11 is 8.19. The van der Waals surface area contributed by atoms with Gasteiger partial charge in [0.1, 0.15) is 11.6 Å². The van der Waals surface area contributed by atoms with Gasteiger partial charge >= 0.3 is 0 Å². The van der Waals surface area contributed by atoms with E-state index in [9.17, 15) is 4.39 Å². The van der Waals surface area contributed by atoms with Gasteiger partial charge in [-0.2, -0.15) is 0 Å². The lowest BCUT2D eigenvalue weighted by Crippen LogP contribution is -2.07. The average molecular weight is 416 g/mol. The first-order valence-corrected chi connectivity index (χ1v) is 7.97. The van der Waals surface area contributed by atoms with Crippen LogP contribution in [0, 0.1) is 9.39 Å². The predicted octanol–water partition coefficient (Wildman–Crippen LogP) is 4.52. The highest BCUT2D eigenvalue weighted by Gasteiger charge is 2.17. The highest BCUT2D eigenvalue weighted by Crippen LogP contribution is 2.27. The summed E-state index contributed by atoms with van der Waals surface area (Å²) in [6, 6.07) is 8.97. The SMILES string of the molecule is CC(Cl)c1nc2cc(I)c(F)cc2n1Cc1ccccn1. The Morgan fingerprint density at radius 1 is 1.38 bits per heavy atom. The third-order valence-electron chi connectivity index (χ3n) is 3.22. The number of halogens is 3. The van der Waals surface area contributed by atoms with Gasteiger partial charge in [-0.05, 0) is 47.7 Å². The number of benzene rings is 1. The highest BCUT2D eigenvalue weighted by atomic mass is 127. The molecule has 2 heterocycles. The predicted molar refractivity (Wildman–Crippen MR) is 90.0 cm³/mol. The number of rotatable bonds is 3. The van der Waals surface area contributed by atoms with Gasteiger partial charge in [-0.15, -0.1) is 11.6 Å². The van der Waals surface area contributed by atoms with Gasteiger partial charge in [0, 0.05) is 12.3 Å². The lowest BCUT2D eigenvalue weighted by Gasteiger charge is -2.10. The van der Waals surface area contributed by atoms with E-state index in [1.54, 1.807) is 12.3 Å². The van der Waals surface area contributed by atoms with Gasteiger partial charge in [0.25, 0.3) is 0 Å². The molecule has 21 heavy (non-hydrogen) atoms. The van der Waals surface area contributed by atoms with Crippen molar-refractivity contribution in [1.82, 2.24) is 14.5 Å². The number of hydrogen-bond donors (Lipinski definition) is 0. The van der Waals surface area contributed by atoms with Gasteiger partial charge in [0.15, 0.2) is 0 Å². The minimum Gasteiger partial charge on any atom is -0.321 e. The molecule has 0 saturated carbocycles. The van der Waals surface area contributed by atoms with E-state index in [-0.39, 0.29) is 11.2 Å². The van der Waals surface area contributed by atoms with Gasteiger partial charge in [-0.3, -0.25) is 4.98 Å². The minimum absolute atomic E-state index is 0.251. The van der Waals surface area contributed by atoms with E-state index in [1.165, 1.54) is 6.07 Å². The fraction of sp³-hybridized carbons (Fsp3) is 0.200. The summed E-state index contributed by atoms with van der Waals surface area (Å²) in [5.41, 5.74) is 2.37. The van der Waals surface area contributed by atoms with E-state index in [0.717, 1.165) is 22.6 Å². The molecule has 0 fully saturated rings. The molecular formula is C15H12ClFIN3. The normalized spacial score (nSPS) is 12.8. The summed E-state index contributed by atoms with van der Waals surface area (Å²) in [4.78, 5) is 8.86. The van der Waals surface area contributed by atoms with Gasteiger partial charge < -0.3 is 4.57 Å². The van der Waals surface area contributed by atoms with Crippen LogP contribution in [0.15, 0.2) is 36.5 Å². The third kappa shape index (κ3) is 2.89. The zero-order valence-corrected chi connectivity index (χ0v) is 14.1. The van der Waals surface area contributed by atoms with Crippen LogP contribution in [-0.4, -0.2) is 14.5 Å². The lowest BCUT2D eigenvalue weighted by atomic mass is 10.3. The molecule has 0 N–H and O–H groups in total. The second-order valence-corrected chi connectivity index (χ2v) is 6.57. The van der Waals surface area contributed by atoms with Crippen LogP contribution in [0.1, 0.15) is 23.8 Å². The zero-order chi connectivity index (χ0) is 15.0. The molecule has 6 heteroatoms. The summed E-state index contributed by atoms with van der Waals surface area (Å²) in [5.74, 6) is 0.470. The van der Waals surface area contributed by atoms with E-state index in [2.05, 4.69) is 9.97 Å². The molecule has 0 radical (unpaired) electrons. The molecule has 0 bridgehead atoms. The molecule has 0 aliphatic heterocycles. The van der Waals surface area contributed by atoms with E-state index in [1.807, 2.05) is 52.3 Å². The molecule has 2 aromatic heterocycles. The Labute approximate surface area is 140 Å². The first kappa shape index (κ1) is 14.7. The second-order valence-electron chi connectivity index (χ2n) is 4.75. The largest absolute Gasteiger partial charge is 0.321 e. The van der Waals surface area contributed by atoms with Crippen molar-refractivity contribution in [3.05, 3.63) is 57.4 Å². The van der Waals surface area contributed by atoms with E-state index < -0.39 is 0 Å². The maximum atomic E-state index is 13.9. The summed E-state index contributed by atoms with van der Waals surface area (Å²) in [7, 11) is 0. The molecule has 3 aromatic rings.